The molecule has 0 N–H and O–H groups in total. The Morgan fingerprint density at radius 3 is 2.32 bits per heavy atom. The Labute approximate surface area is 173 Å². The number of thiophene rings is 1. The van der Waals surface area contributed by atoms with Crippen molar-refractivity contribution in [1.82, 2.24) is 9.80 Å². The minimum absolute atomic E-state index is 0.00444. The second-order valence-electron chi connectivity index (χ2n) is 7.48. The van der Waals surface area contributed by atoms with Gasteiger partial charge in [0.2, 0.25) is 11.8 Å². The van der Waals surface area contributed by atoms with Crippen LogP contribution >= 0.6 is 11.3 Å². The van der Waals surface area contributed by atoms with Gasteiger partial charge < -0.3 is 9.80 Å². The molecular weight excluding hydrogens is 368 g/mol. The van der Waals surface area contributed by atoms with Gasteiger partial charge in [-0.2, -0.15) is 0 Å². The Hall–Kier alpha value is -2.14. The van der Waals surface area contributed by atoms with Crippen LogP contribution in [0.1, 0.15) is 56.0 Å². The maximum absolute atomic E-state index is 13.2. The molecule has 4 nitrogen and oxygen atoms in total. The van der Waals surface area contributed by atoms with Gasteiger partial charge in [0, 0.05) is 23.9 Å². The minimum Gasteiger partial charge on any atom is -0.332 e. The molecule has 0 aliphatic carbocycles. The number of unbranched alkanes of at least 4 members (excludes halogenated alkanes) is 1. The molecule has 0 saturated heterocycles. The summed E-state index contributed by atoms with van der Waals surface area (Å²) in [6.45, 7) is 9.36. The van der Waals surface area contributed by atoms with Crippen molar-refractivity contribution in [3.63, 3.8) is 0 Å². The first-order valence-electron chi connectivity index (χ1n) is 10.1. The molecule has 0 radical (unpaired) electrons. The fourth-order valence-corrected chi connectivity index (χ4v) is 3.97. The standard InChI is InChI=1S/C23H32N2O2S/c1-5-6-12-22(26)25(18(2)3)17-23(27)24(15-20-10-8-7-9-11-20)16-21-19(4)13-14-28-21/h7-11,13-14,18H,5-6,12,15-17H2,1-4H3. The zero-order chi connectivity index (χ0) is 20.5. The van der Waals surface area contributed by atoms with Gasteiger partial charge in [0.25, 0.3) is 0 Å². The van der Waals surface area contributed by atoms with E-state index in [-0.39, 0.29) is 24.4 Å². The largest absolute Gasteiger partial charge is 0.332 e. The number of aryl methyl sites for hydroxylation is 1. The van der Waals surface area contributed by atoms with E-state index >= 15 is 0 Å². The molecule has 1 aromatic carbocycles. The number of rotatable bonds is 10. The van der Waals surface area contributed by atoms with Gasteiger partial charge in [-0.05, 0) is 49.8 Å². The highest BCUT2D eigenvalue weighted by Gasteiger charge is 2.24. The summed E-state index contributed by atoms with van der Waals surface area (Å²) in [4.78, 5) is 30.6. The molecule has 1 heterocycles. The van der Waals surface area contributed by atoms with E-state index in [0.29, 0.717) is 19.5 Å². The van der Waals surface area contributed by atoms with E-state index in [1.807, 2.05) is 49.1 Å². The van der Waals surface area contributed by atoms with Crippen molar-refractivity contribution in [2.75, 3.05) is 6.54 Å². The number of hydrogen-bond acceptors (Lipinski definition) is 3. The van der Waals surface area contributed by atoms with Gasteiger partial charge in [0.05, 0.1) is 13.1 Å². The first-order valence-corrected chi connectivity index (χ1v) is 10.9. The highest BCUT2D eigenvalue weighted by molar-refractivity contribution is 7.10. The van der Waals surface area contributed by atoms with Crippen LogP contribution in [-0.4, -0.2) is 34.2 Å². The van der Waals surface area contributed by atoms with Crippen molar-refractivity contribution >= 4 is 23.2 Å². The summed E-state index contributed by atoms with van der Waals surface area (Å²) in [5, 5.41) is 2.06. The van der Waals surface area contributed by atoms with Gasteiger partial charge in [-0.3, -0.25) is 9.59 Å². The van der Waals surface area contributed by atoms with Crippen LogP contribution in [0.5, 0.6) is 0 Å². The summed E-state index contributed by atoms with van der Waals surface area (Å²) in [5.41, 5.74) is 2.30. The summed E-state index contributed by atoms with van der Waals surface area (Å²) in [6.07, 6.45) is 2.34. The van der Waals surface area contributed by atoms with E-state index in [9.17, 15) is 9.59 Å². The molecule has 0 bridgehead atoms. The van der Waals surface area contributed by atoms with Crippen molar-refractivity contribution in [1.29, 1.82) is 0 Å². The van der Waals surface area contributed by atoms with E-state index in [2.05, 4.69) is 25.3 Å². The van der Waals surface area contributed by atoms with E-state index in [1.165, 1.54) is 10.4 Å². The minimum atomic E-state index is -0.00444. The van der Waals surface area contributed by atoms with Crippen LogP contribution in [0.4, 0.5) is 0 Å². The molecule has 2 aromatic rings. The lowest BCUT2D eigenvalue weighted by Crippen LogP contribution is -2.45. The first-order chi connectivity index (χ1) is 13.4. The summed E-state index contributed by atoms with van der Waals surface area (Å²) in [6, 6.07) is 12.1. The quantitative estimate of drug-likeness (QED) is 0.562. The summed E-state index contributed by atoms with van der Waals surface area (Å²) < 4.78 is 0. The average molecular weight is 401 g/mol. The smallest absolute Gasteiger partial charge is 0.242 e. The lowest BCUT2D eigenvalue weighted by Gasteiger charge is -2.30. The monoisotopic (exact) mass is 400 g/mol. The van der Waals surface area contributed by atoms with E-state index < -0.39 is 0 Å². The fraction of sp³-hybridized carbons (Fsp3) is 0.478. The van der Waals surface area contributed by atoms with Crippen molar-refractivity contribution in [2.24, 2.45) is 0 Å². The molecule has 0 spiro atoms. The SMILES string of the molecule is CCCCC(=O)N(CC(=O)N(Cc1ccccc1)Cc1sccc1C)C(C)C. The van der Waals surface area contributed by atoms with Crippen molar-refractivity contribution < 1.29 is 9.59 Å². The number of nitrogens with zero attached hydrogens (tertiary/aromatic N) is 2. The third kappa shape index (κ3) is 6.48. The maximum atomic E-state index is 13.2. The van der Waals surface area contributed by atoms with Crippen LogP contribution in [-0.2, 0) is 22.7 Å². The Morgan fingerprint density at radius 2 is 1.75 bits per heavy atom. The van der Waals surface area contributed by atoms with Crippen molar-refractivity contribution in [2.45, 2.75) is 66.1 Å². The zero-order valence-electron chi connectivity index (χ0n) is 17.5. The van der Waals surface area contributed by atoms with E-state index in [4.69, 9.17) is 0 Å². The molecule has 0 saturated carbocycles. The van der Waals surface area contributed by atoms with Crippen LogP contribution < -0.4 is 0 Å². The molecule has 5 heteroatoms. The summed E-state index contributed by atoms with van der Waals surface area (Å²) >= 11 is 1.67. The first kappa shape index (κ1) is 22.2. The molecule has 152 valence electrons. The van der Waals surface area contributed by atoms with Crippen molar-refractivity contribution in [3.05, 3.63) is 57.8 Å². The van der Waals surface area contributed by atoms with Crippen LogP contribution in [0.2, 0.25) is 0 Å². The van der Waals surface area contributed by atoms with Gasteiger partial charge in [-0.15, -0.1) is 11.3 Å². The molecule has 0 unspecified atom stereocenters. The molecular formula is C23H32N2O2S. The molecule has 1 aromatic heterocycles. The molecule has 2 amide bonds. The predicted octanol–water partition coefficient (Wildman–Crippen LogP) is 5.01. The van der Waals surface area contributed by atoms with Gasteiger partial charge >= 0.3 is 0 Å². The van der Waals surface area contributed by atoms with Gasteiger partial charge in [0.15, 0.2) is 0 Å². The summed E-state index contributed by atoms with van der Waals surface area (Å²) in [7, 11) is 0. The maximum Gasteiger partial charge on any atom is 0.242 e. The Bertz CT molecular complexity index is 755. The lowest BCUT2D eigenvalue weighted by molar-refractivity contribution is -0.142. The molecule has 2 rings (SSSR count). The number of carbonyl (C=O) groups excluding carboxylic acids is 2. The van der Waals surface area contributed by atoms with E-state index in [1.54, 1.807) is 16.2 Å². The van der Waals surface area contributed by atoms with Gasteiger partial charge in [0.1, 0.15) is 0 Å². The second-order valence-corrected chi connectivity index (χ2v) is 8.48. The third-order valence-electron chi connectivity index (χ3n) is 4.87. The number of benzene rings is 1. The number of amides is 2. The Kier molecular flexibility index (Phi) is 8.71. The average Bonchev–Trinajstić information content (AvgIpc) is 3.08. The highest BCUT2D eigenvalue weighted by atomic mass is 32.1. The van der Waals surface area contributed by atoms with Gasteiger partial charge in [-0.25, -0.2) is 0 Å². The molecule has 0 fully saturated rings. The predicted molar refractivity (Wildman–Crippen MR) is 116 cm³/mol. The van der Waals surface area contributed by atoms with Crippen molar-refractivity contribution in [3.8, 4) is 0 Å². The zero-order valence-corrected chi connectivity index (χ0v) is 18.3. The Balaban J connectivity index is 2.16. The third-order valence-corrected chi connectivity index (χ3v) is 5.87. The fourth-order valence-electron chi connectivity index (χ4n) is 3.05. The molecule has 0 aliphatic heterocycles. The normalized spacial score (nSPS) is 10.9. The number of carbonyl (C=O) groups is 2. The van der Waals surface area contributed by atoms with Crippen LogP contribution in [0.3, 0.4) is 0 Å². The van der Waals surface area contributed by atoms with Gasteiger partial charge in [-0.1, -0.05) is 43.7 Å². The van der Waals surface area contributed by atoms with Crippen LogP contribution in [0.15, 0.2) is 41.8 Å². The lowest BCUT2D eigenvalue weighted by atomic mass is 10.2. The summed E-state index contributed by atoms with van der Waals surface area (Å²) in [5.74, 6) is 0.0624. The Morgan fingerprint density at radius 1 is 1.04 bits per heavy atom. The number of hydrogen-bond donors (Lipinski definition) is 0. The molecule has 28 heavy (non-hydrogen) atoms. The van der Waals surface area contributed by atoms with Crippen LogP contribution in [0.25, 0.3) is 0 Å². The second kappa shape index (κ2) is 11.0. The van der Waals surface area contributed by atoms with E-state index in [0.717, 1.165) is 18.4 Å². The molecule has 0 atom stereocenters. The topological polar surface area (TPSA) is 40.6 Å². The molecule has 0 aliphatic rings. The highest BCUT2D eigenvalue weighted by Crippen LogP contribution is 2.20. The van der Waals surface area contributed by atoms with Crippen LogP contribution in [0, 0.1) is 6.92 Å².